The van der Waals surface area contributed by atoms with Crippen molar-refractivity contribution in [2.45, 2.75) is 19.4 Å². The minimum Gasteiger partial charge on any atom is -0.357 e. The second-order valence-electron chi connectivity index (χ2n) is 3.23. The number of rotatable bonds is 2. The SMILES string of the molecule is NCc1nccc(N2CCCC2)n1. The van der Waals surface area contributed by atoms with E-state index in [0.717, 1.165) is 24.7 Å². The highest BCUT2D eigenvalue weighted by atomic mass is 15.2. The van der Waals surface area contributed by atoms with Crippen molar-refractivity contribution in [2.75, 3.05) is 18.0 Å². The molecule has 1 aromatic heterocycles. The van der Waals surface area contributed by atoms with Gasteiger partial charge in [0.15, 0.2) is 0 Å². The van der Waals surface area contributed by atoms with E-state index in [1.54, 1.807) is 6.20 Å². The van der Waals surface area contributed by atoms with Crippen LogP contribution >= 0.6 is 0 Å². The van der Waals surface area contributed by atoms with E-state index in [-0.39, 0.29) is 0 Å². The molecule has 0 spiro atoms. The molecule has 70 valence electrons. The largest absolute Gasteiger partial charge is 0.357 e. The number of hydrogen-bond donors (Lipinski definition) is 1. The first-order valence-corrected chi connectivity index (χ1v) is 4.67. The lowest BCUT2D eigenvalue weighted by Gasteiger charge is -2.15. The van der Waals surface area contributed by atoms with Crippen LogP contribution in [0.2, 0.25) is 0 Å². The van der Waals surface area contributed by atoms with Gasteiger partial charge in [0.05, 0.1) is 6.54 Å². The molecular weight excluding hydrogens is 164 g/mol. The van der Waals surface area contributed by atoms with Crippen LogP contribution < -0.4 is 10.6 Å². The molecule has 0 aromatic carbocycles. The zero-order valence-corrected chi connectivity index (χ0v) is 7.61. The van der Waals surface area contributed by atoms with E-state index in [4.69, 9.17) is 5.73 Å². The highest BCUT2D eigenvalue weighted by molar-refractivity contribution is 5.38. The van der Waals surface area contributed by atoms with Gasteiger partial charge in [-0.1, -0.05) is 0 Å². The van der Waals surface area contributed by atoms with Gasteiger partial charge in [0.2, 0.25) is 0 Å². The van der Waals surface area contributed by atoms with Crippen molar-refractivity contribution in [2.24, 2.45) is 5.73 Å². The van der Waals surface area contributed by atoms with E-state index >= 15 is 0 Å². The van der Waals surface area contributed by atoms with Gasteiger partial charge in [-0.2, -0.15) is 0 Å². The number of anilines is 1. The molecule has 0 atom stereocenters. The third kappa shape index (κ3) is 1.78. The summed E-state index contributed by atoms with van der Waals surface area (Å²) in [5.74, 6) is 1.75. The molecule has 0 saturated carbocycles. The quantitative estimate of drug-likeness (QED) is 0.718. The topological polar surface area (TPSA) is 55.0 Å². The summed E-state index contributed by atoms with van der Waals surface area (Å²) in [4.78, 5) is 10.7. The minimum atomic E-state index is 0.418. The molecule has 1 fully saturated rings. The zero-order chi connectivity index (χ0) is 9.10. The number of hydrogen-bond acceptors (Lipinski definition) is 4. The standard InChI is InChI=1S/C9H14N4/c10-7-8-11-4-3-9(12-8)13-5-1-2-6-13/h3-4H,1-2,5-7,10H2. The first-order valence-electron chi connectivity index (χ1n) is 4.67. The van der Waals surface area contributed by atoms with Gasteiger partial charge in [-0.3, -0.25) is 0 Å². The Kier molecular flexibility index (Phi) is 2.40. The van der Waals surface area contributed by atoms with Gasteiger partial charge >= 0.3 is 0 Å². The lowest BCUT2D eigenvalue weighted by molar-refractivity contribution is 0.864. The summed E-state index contributed by atoms with van der Waals surface area (Å²) in [5.41, 5.74) is 5.47. The lowest BCUT2D eigenvalue weighted by Crippen LogP contribution is -2.20. The molecule has 2 rings (SSSR count). The second kappa shape index (κ2) is 3.70. The van der Waals surface area contributed by atoms with E-state index in [1.165, 1.54) is 12.8 Å². The Hall–Kier alpha value is -1.16. The van der Waals surface area contributed by atoms with Crippen LogP contribution in [0.3, 0.4) is 0 Å². The van der Waals surface area contributed by atoms with Crippen LogP contribution in [-0.4, -0.2) is 23.1 Å². The van der Waals surface area contributed by atoms with Crippen LogP contribution in [0.5, 0.6) is 0 Å². The van der Waals surface area contributed by atoms with Gasteiger partial charge in [-0.05, 0) is 18.9 Å². The Morgan fingerprint density at radius 3 is 2.85 bits per heavy atom. The van der Waals surface area contributed by atoms with Crippen molar-refractivity contribution in [1.82, 2.24) is 9.97 Å². The highest BCUT2D eigenvalue weighted by Crippen LogP contribution is 2.16. The molecule has 0 amide bonds. The number of nitrogens with two attached hydrogens (primary N) is 1. The van der Waals surface area contributed by atoms with Crippen LogP contribution in [0, 0.1) is 0 Å². The fourth-order valence-electron chi connectivity index (χ4n) is 1.61. The van der Waals surface area contributed by atoms with E-state index in [1.807, 2.05) is 6.07 Å². The molecule has 0 unspecified atom stereocenters. The first kappa shape index (κ1) is 8.44. The summed E-state index contributed by atoms with van der Waals surface area (Å²) in [6.07, 6.45) is 4.31. The van der Waals surface area contributed by atoms with Crippen molar-refractivity contribution in [3.8, 4) is 0 Å². The van der Waals surface area contributed by atoms with Gasteiger partial charge in [-0.25, -0.2) is 9.97 Å². The first-order chi connectivity index (χ1) is 6.40. The molecule has 2 N–H and O–H groups in total. The maximum atomic E-state index is 5.47. The van der Waals surface area contributed by atoms with Crippen LogP contribution in [0.25, 0.3) is 0 Å². The normalized spacial score (nSPS) is 16.5. The molecule has 4 heteroatoms. The Morgan fingerprint density at radius 2 is 2.15 bits per heavy atom. The second-order valence-corrected chi connectivity index (χ2v) is 3.23. The fourth-order valence-corrected chi connectivity index (χ4v) is 1.61. The molecule has 4 nitrogen and oxygen atoms in total. The third-order valence-electron chi connectivity index (χ3n) is 2.30. The number of nitrogens with zero attached hydrogens (tertiary/aromatic N) is 3. The van der Waals surface area contributed by atoms with Crippen molar-refractivity contribution in [3.63, 3.8) is 0 Å². The minimum absolute atomic E-state index is 0.418. The highest BCUT2D eigenvalue weighted by Gasteiger charge is 2.13. The van der Waals surface area contributed by atoms with Gasteiger partial charge in [0.25, 0.3) is 0 Å². The molecule has 0 bridgehead atoms. The van der Waals surface area contributed by atoms with E-state index in [0.29, 0.717) is 6.54 Å². The van der Waals surface area contributed by atoms with E-state index in [2.05, 4.69) is 14.9 Å². The fraction of sp³-hybridized carbons (Fsp3) is 0.556. The van der Waals surface area contributed by atoms with Crippen LogP contribution in [0.4, 0.5) is 5.82 Å². The maximum absolute atomic E-state index is 5.47. The number of aromatic nitrogens is 2. The zero-order valence-electron chi connectivity index (χ0n) is 7.61. The van der Waals surface area contributed by atoms with E-state index < -0.39 is 0 Å². The molecule has 2 heterocycles. The van der Waals surface area contributed by atoms with Crippen molar-refractivity contribution < 1.29 is 0 Å². The van der Waals surface area contributed by atoms with Crippen molar-refractivity contribution >= 4 is 5.82 Å². The summed E-state index contributed by atoms with van der Waals surface area (Å²) in [6.45, 7) is 2.64. The molecule has 13 heavy (non-hydrogen) atoms. The summed E-state index contributed by atoms with van der Waals surface area (Å²) in [5, 5.41) is 0. The summed E-state index contributed by atoms with van der Waals surface area (Å²) < 4.78 is 0. The molecule has 1 aliphatic rings. The van der Waals surface area contributed by atoms with Gasteiger partial charge in [-0.15, -0.1) is 0 Å². The average Bonchev–Trinajstić information content (AvgIpc) is 2.71. The predicted octanol–water partition coefficient (Wildman–Crippen LogP) is 0.535. The summed E-state index contributed by atoms with van der Waals surface area (Å²) in [7, 11) is 0. The Balaban J connectivity index is 2.18. The molecule has 1 saturated heterocycles. The van der Waals surface area contributed by atoms with Crippen molar-refractivity contribution in [1.29, 1.82) is 0 Å². The lowest BCUT2D eigenvalue weighted by atomic mass is 10.4. The maximum Gasteiger partial charge on any atom is 0.144 e. The van der Waals surface area contributed by atoms with E-state index in [9.17, 15) is 0 Å². The summed E-state index contributed by atoms with van der Waals surface area (Å²) in [6, 6.07) is 1.95. The van der Waals surface area contributed by atoms with Gasteiger partial charge in [0.1, 0.15) is 11.6 Å². The molecule has 0 aliphatic carbocycles. The monoisotopic (exact) mass is 178 g/mol. The predicted molar refractivity (Wildman–Crippen MR) is 51.4 cm³/mol. The van der Waals surface area contributed by atoms with Gasteiger partial charge < -0.3 is 10.6 Å². The Morgan fingerprint density at radius 1 is 1.38 bits per heavy atom. The Labute approximate surface area is 77.8 Å². The molecule has 1 aliphatic heterocycles. The van der Waals surface area contributed by atoms with Gasteiger partial charge in [0, 0.05) is 19.3 Å². The third-order valence-corrected chi connectivity index (χ3v) is 2.30. The average molecular weight is 178 g/mol. The van der Waals surface area contributed by atoms with Crippen LogP contribution in [-0.2, 0) is 6.54 Å². The molecule has 1 aromatic rings. The molecule has 0 radical (unpaired) electrons. The van der Waals surface area contributed by atoms with Crippen LogP contribution in [0.15, 0.2) is 12.3 Å². The summed E-state index contributed by atoms with van der Waals surface area (Å²) >= 11 is 0. The van der Waals surface area contributed by atoms with Crippen LogP contribution in [0.1, 0.15) is 18.7 Å². The van der Waals surface area contributed by atoms with Crippen molar-refractivity contribution in [3.05, 3.63) is 18.1 Å². The smallest absolute Gasteiger partial charge is 0.144 e. The molecular formula is C9H14N4. The Bertz CT molecular complexity index is 281.